The van der Waals surface area contributed by atoms with E-state index in [2.05, 4.69) is 19.3 Å². The Morgan fingerprint density at radius 1 is 1.43 bits per heavy atom. The third-order valence-electron chi connectivity index (χ3n) is 2.66. The van der Waals surface area contributed by atoms with Crippen LogP contribution in [-0.2, 0) is 4.74 Å². The van der Waals surface area contributed by atoms with E-state index >= 15 is 0 Å². The van der Waals surface area contributed by atoms with Crippen LogP contribution in [0.2, 0.25) is 0 Å². The topological polar surface area (TPSA) is 26.2 Å². The van der Waals surface area contributed by atoms with Gasteiger partial charge in [-0.3, -0.25) is 4.68 Å². The summed E-state index contributed by atoms with van der Waals surface area (Å²) in [5.41, 5.74) is 3.37. The minimum Gasteiger partial charge on any atom is -0.370 e. The molecule has 1 aromatic rings. The maximum absolute atomic E-state index is 5.87. The summed E-state index contributed by atoms with van der Waals surface area (Å²) in [6.07, 6.45) is 6.67. The molecule has 0 aromatic carbocycles. The average Bonchev–Trinajstić information content (AvgIpc) is 2.70. The largest absolute Gasteiger partial charge is 0.370 e. The van der Waals surface area contributed by atoms with Gasteiger partial charge in [0.1, 0.15) is 0 Å². The first-order valence-corrected chi connectivity index (χ1v) is 5.20. The highest BCUT2D eigenvalue weighted by atomic mass is 16.5. The monoisotopic (exact) mass is 194 g/mol. The third kappa shape index (κ3) is 2.29. The van der Waals surface area contributed by atoms with E-state index in [1.54, 1.807) is 0 Å². The average molecular weight is 194 g/mol. The highest BCUT2D eigenvalue weighted by Gasteiger charge is 2.31. The molecule has 1 saturated heterocycles. The number of nitrogens with one attached hydrogen (secondary N) is 1. The predicted octanol–water partition coefficient (Wildman–Crippen LogP) is 1.99. The standard InChI is InChI=1S/C11H18N2O/c1-11(2)6-5-10(14-11)9-12-13-7-3-4-8-13/h3-4,7-8,10,12H,5-6,9H2,1-2H3. The first-order chi connectivity index (χ1) is 6.66. The SMILES string of the molecule is CC1(C)CCC(CNn2cccc2)O1. The van der Waals surface area contributed by atoms with Gasteiger partial charge in [-0.05, 0) is 38.8 Å². The Kier molecular flexibility index (Phi) is 2.50. The molecule has 0 radical (unpaired) electrons. The van der Waals surface area contributed by atoms with Crippen LogP contribution in [0, 0.1) is 0 Å². The van der Waals surface area contributed by atoms with Gasteiger partial charge in [0.25, 0.3) is 0 Å². The van der Waals surface area contributed by atoms with Gasteiger partial charge in [-0.15, -0.1) is 0 Å². The zero-order valence-corrected chi connectivity index (χ0v) is 8.86. The van der Waals surface area contributed by atoms with Crippen LogP contribution in [0.3, 0.4) is 0 Å². The number of rotatable bonds is 3. The van der Waals surface area contributed by atoms with Gasteiger partial charge < -0.3 is 10.2 Å². The van der Waals surface area contributed by atoms with Crippen LogP contribution in [0.4, 0.5) is 0 Å². The van der Waals surface area contributed by atoms with Gasteiger partial charge in [0.05, 0.1) is 18.2 Å². The Labute approximate surface area is 85.0 Å². The lowest BCUT2D eigenvalue weighted by Gasteiger charge is -2.19. The molecule has 0 aliphatic carbocycles. The van der Waals surface area contributed by atoms with Crippen molar-refractivity contribution in [2.24, 2.45) is 0 Å². The maximum atomic E-state index is 5.87. The molecule has 3 heteroatoms. The molecule has 1 aliphatic heterocycles. The molecule has 1 N–H and O–H groups in total. The van der Waals surface area contributed by atoms with E-state index in [0.717, 1.165) is 19.4 Å². The molecule has 1 aromatic heterocycles. The van der Waals surface area contributed by atoms with E-state index in [1.165, 1.54) is 0 Å². The molecule has 0 amide bonds. The van der Waals surface area contributed by atoms with E-state index in [0.29, 0.717) is 6.10 Å². The summed E-state index contributed by atoms with van der Waals surface area (Å²) in [6.45, 7) is 5.20. The van der Waals surface area contributed by atoms with Crippen LogP contribution in [0.15, 0.2) is 24.5 Å². The van der Waals surface area contributed by atoms with E-state index in [9.17, 15) is 0 Å². The van der Waals surface area contributed by atoms with Crippen molar-refractivity contribution in [1.29, 1.82) is 0 Å². The zero-order chi connectivity index (χ0) is 10.0. The Hall–Kier alpha value is -0.960. The minimum absolute atomic E-state index is 0.0725. The van der Waals surface area contributed by atoms with Crippen molar-refractivity contribution in [2.75, 3.05) is 12.0 Å². The van der Waals surface area contributed by atoms with Crippen molar-refractivity contribution >= 4 is 0 Å². The van der Waals surface area contributed by atoms with Crippen molar-refractivity contribution in [2.45, 2.75) is 38.4 Å². The molecular weight excluding hydrogens is 176 g/mol. The summed E-state index contributed by atoms with van der Waals surface area (Å²) in [7, 11) is 0. The molecule has 14 heavy (non-hydrogen) atoms. The highest BCUT2D eigenvalue weighted by Crippen LogP contribution is 2.28. The number of hydrogen-bond donors (Lipinski definition) is 1. The molecule has 0 bridgehead atoms. The second-order valence-corrected chi connectivity index (χ2v) is 4.49. The smallest absolute Gasteiger partial charge is 0.0771 e. The van der Waals surface area contributed by atoms with Crippen molar-refractivity contribution in [3.8, 4) is 0 Å². The van der Waals surface area contributed by atoms with Crippen molar-refractivity contribution < 1.29 is 4.74 Å². The van der Waals surface area contributed by atoms with Gasteiger partial charge in [0.15, 0.2) is 0 Å². The summed E-state index contributed by atoms with van der Waals surface area (Å²) in [5, 5.41) is 0. The van der Waals surface area contributed by atoms with Crippen molar-refractivity contribution in [3.63, 3.8) is 0 Å². The van der Waals surface area contributed by atoms with Crippen LogP contribution >= 0.6 is 0 Å². The molecule has 2 rings (SSSR count). The first kappa shape index (κ1) is 9.59. The van der Waals surface area contributed by atoms with Crippen LogP contribution in [-0.4, -0.2) is 22.9 Å². The lowest BCUT2D eigenvalue weighted by atomic mass is 10.1. The van der Waals surface area contributed by atoms with E-state index in [-0.39, 0.29) is 5.60 Å². The molecule has 1 aliphatic rings. The minimum atomic E-state index is 0.0725. The first-order valence-electron chi connectivity index (χ1n) is 5.20. The lowest BCUT2D eigenvalue weighted by Crippen LogP contribution is -2.28. The molecule has 1 atom stereocenters. The fourth-order valence-corrected chi connectivity index (χ4v) is 1.87. The van der Waals surface area contributed by atoms with Gasteiger partial charge in [-0.1, -0.05) is 0 Å². The summed E-state index contributed by atoms with van der Waals surface area (Å²) in [5.74, 6) is 0. The Bertz CT molecular complexity index is 279. The fraction of sp³-hybridized carbons (Fsp3) is 0.636. The third-order valence-corrected chi connectivity index (χ3v) is 2.66. The Morgan fingerprint density at radius 3 is 2.71 bits per heavy atom. The highest BCUT2D eigenvalue weighted by molar-refractivity contribution is 4.94. The Morgan fingerprint density at radius 2 is 2.14 bits per heavy atom. The van der Waals surface area contributed by atoms with Gasteiger partial charge in [0, 0.05) is 12.4 Å². The predicted molar refractivity (Wildman–Crippen MR) is 56.8 cm³/mol. The van der Waals surface area contributed by atoms with E-state index in [4.69, 9.17) is 4.74 Å². The number of aromatic nitrogens is 1. The summed E-state index contributed by atoms with van der Waals surface area (Å²) >= 11 is 0. The van der Waals surface area contributed by atoms with Crippen LogP contribution in [0.1, 0.15) is 26.7 Å². The van der Waals surface area contributed by atoms with E-state index < -0.39 is 0 Å². The second kappa shape index (κ2) is 3.65. The molecule has 0 spiro atoms. The normalized spacial score (nSPS) is 25.1. The van der Waals surface area contributed by atoms with Crippen molar-refractivity contribution in [3.05, 3.63) is 24.5 Å². The molecule has 3 nitrogen and oxygen atoms in total. The van der Waals surface area contributed by atoms with Crippen LogP contribution in [0.25, 0.3) is 0 Å². The maximum Gasteiger partial charge on any atom is 0.0771 e. The van der Waals surface area contributed by atoms with Gasteiger partial charge in [-0.2, -0.15) is 0 Å². The molecule has 1 fully saturated rings. The van der Waals surface area contributed by atoms with E-state index in [1.807, 2.05) is 29.2 Å². The molecule has 78 valence electrons. The molecular formula is C11H18N2O. The van der Waals surface area contributed by atoms with Gasteiger partial charge in [0.2, 0.25) is 0 Å². The number of hydrogen-bond acceptors (Lipinski definition) is 2. The molecule has 0 saturated carbocycles. The van der Waals surface area contributed by atoms with Crippen molar-refractivity contribution in [1.82, 2.24) is 4.68 Å². The summed E-state index contributed by atoms with van der Waals surface area (Å²) in [4.78, 5) is 0. The summed E-state index contributed by atoms with van der Waals surface area (Å²) < 4.78 is 7.84. The number of ether oxygens (including phenoxy) is 1. The van der Waals surface area contributed by atoms with Crippen LogP contribution in [0.5, 0.6) is 0 Å². The molecule has 2 heterocycles. The van der Waals surface area contributed by atoms with Gasteiger partial charge >= 0.3 is 0 Å². The Balaban J connectivity index is 1.78. The zero-order valence-electron chi connectivity index (χ0n) is 8.86. The second-order valence-electron chi connectivity index (χ2n) is 4.49. The summed E-state index contributed by atoms with van der Waals surface area (Å²) in [6, 6.07) is 4.01. The quantitative estimate of drug-likeness (QED) is 0.796. The fourth-order valence-electron chi connectivity index (χ4n) is 1.87. The number of nitrogens with zero attached hydrogens (tertiary/aromatic N) is 1. The van der Waals surface area contributed by atoms with Gasteiger partial charge in [-0.25, -0.2) is 0 Å². The lowest BCUT2D eigenvalue weighted by molar-refractivity contribution is -0.0100. The van der Waals surface area contributed by atoms with Crippen LogP contribution < -0.4 is 5.43 Å². The molecule has 1 unspecified atom stereocenters.